The lowest BCUT2D eigenvalue weighted by Gasteiger charge is -2.21. The summed E-state index contributed by atoms with van der Waals surface area (Å²) in [5.41, 5.74) is 7.94. The average molecular weight is 275 g/mol. The standard InChI is InChI=1S/C15H21N3S/c1-2-12-8-9-14(19-12)15-13(16)10-18(17-15)11-6-4-3-5-7-11/h8-11H,2-7,16H2,1H3. The van der Waals surface area contributed by atoms with Crippen LogP contribution in [0.3, 0.4) is 0 Å². The maximum absolute atomic E-state index is 6.15. The van der Waals surface area contributed by atoms with Gasteiger partial charge in [-0.25, -0.2) is 0 Å². The summed E-state index contributed by atoms with van der Waals surface area (Å²) in [6, 6.07) is 4.88. The highest BCUT2D eigenvalue weighted by Gasteiger charge is 2.19. The van der Waals surface area contributed by atoms with E-state index in [1.165, 1.54) is 41.9 Å². The Balaban J connectivity index is 1.88. The van der Waals surface area contributed by atoms with E-state index < -0.39 is 0 Å². The molecule has 0 aliphatic heterocycles. The number of anilines is 1. The first kappa shape index (κ1) is 12.7. The predicted molar refractivity (Wildman–Crippen MR) is 81.5 cm³/mol. The second-order valence-electron chi connectivity index (χ2n) is 5.32. The number of aryl methyl sites for hydroxylation is 1. The van der Waals surface area contributed by atoms with E-state index >= 15 is 0 Å². The number of nitrogens with two attached hydrogens (primary N) is 1. The minimum atomic E-state index is 0.551. The summed E-state index contributed by atoms with van der Waals surface area (Å²) in [5, 5.41) is 4.75. The first-order valence-electron chi connectivity index (χ1n) is 7.21. The first-order chi connectivity index (χ1) is 9.28. The van der Waals surface area contributed by atoms with Gasteiger partial charge in [0.1, 0.15) is 5.69 Å². The lowest BCUT2D eigenvalue weighted by atomic mass is 9.96. The molecular formula is C15H21N3S. The molecule has 1 saturated carbocycles. The van der Waals surface area contributed by atoms with Crippen molar-refractivity contribution in [2.24, 2.45) is 0 Å². The highest BCUT2D eigenvalue weighted by atomic mass is 32.1. The molecule has 1 aliphatic rings. The van der Waals surface area contributed by atoms with Crippen LogP contribution >= 0.6 is 11.3 Å². The van der Waals surface area contributed by atoms with Crippen molar-refractivity contribution in [1.82, 2.24) is 9.78 Å². The number of aromatic nitrogens is 2. The Labute approximate surface area is 118 Å². The molecule has 0 saturated heterocycles. The van der Waals surface area contributed by atoms with Gasteiger partial charge in [-0.1, -0.05) is 26.2 Å². The van der Waals surface area contributed by atoms with Crippen molar-refractivity contribution < 1.29 is 0 Å². The summed E-state index contributed by atoms with van der Waals surface area (Å²) in [6.45, 7) is 2.18. The summed E-state index contributed by atoms with van der Waals surface area (Å²) in [4.78, 5) is 2.59. The highest BCUT2D eigenvalue weighted by Crippen LogP contribution is 2.34. The summed E-state index contributed by atoms with van der Waals surface area (Å²) in [6.07, 6.45) is 9.59. The summed E-state index contributed by atoms with van der Waals surface area (Å²) in [7, 11) is 0. The highest BCUT2D eigenvalue weighted by molar-refractivity contribution is 7.15. The van der Waals surface area contributed by atoms with Crippen LogP contribution in [-0.2, 0) is 6.42 Å². The van der Waals surface area contributed by atoms with E-state index in [1.807, 2.05) is 6.20 Å². The molecule has 0 atom stereocenters. The normalized spacial score (nSPS) is 16.9. The van der Waals surface area contributed by atoms with Gasteiger partial charge >= 0.3 is 0 Å². The second-order valence-corrected chi connectivity index (χ2v) is 6.49. The fourth-order valence-corrected chi connectivity index (χ4v) is 3.78. The predicted octanol–water partition coefficient (Wildman–Crippen LogP) is 4.26. The Morgan fingerprint density at radius 3 is 2.79 bits per heavy atom. The van der Waals surface area contributed by atoms with E-state index in [1.54, 1.807) is 11.3 Å². The molecule has 2 heterocycles. The SMILES string of the molecule is CCc1ccc(-c2nn(C3CCCCC3)cc2N)s1. The van der Waals surface area contributed by atoms with E-state index in [-0.39, 0.29) is 0 Å². The minimum Gasteiger partial charge on any atom is -0.396 e. The molecule has 1 aliphatic carbocycles. The van der Waals surface area contributed by atoms with Crippen LogP contribution in [0.1, 0.15) is 49.9 Å². The minimum absolute atomic E-state index is 0.551. The smallest absolute Gasteiger partial charge is 0.125 e. The topological polar surface area (TPSA) is 43.8 Å². The molecule has 2 aromatic heterocycles. The van der Waals surface area contributed by atoms with Gasteiger partial charge in [0, 0.05) is 11.1 Å². The molecule has 4 heteroatoms. The molecule has 102 valence electrons. The number of hydrogen-bond acceptors (Lipinski definition) is 3. The lowest BCUT2D eigenvalue weighted by Crippen LogP contribution is -2.13. The largest absolute Gasteiger partial charge is 0.396 e. The maximum atomic E-state index is 6.15. The van der Waals surface area contributed by atoms with Gasteiger partial charge in [-0.3, -0.25) is 4.68 Å². The zero-order valence-electron chi connectivity index (χ0n) is 11.4. The molecule has 0 unspecified atom stereocenters. The van der Waals surface area contributed by atoms with Gasteiger partial charge in [0.25, 0.3) is 0 Å². The Morgan fingerprint density at radius 1 is 1.32 bits per heavy atom. The third kappa shape index (κ3) is 2.54. The molecule has 19 heavy (non-hydrogen) atoms. The Kier molecular flexibility index (Phi) is 3.60. The molecule has 0 spiro atoms. The van der Waals surface area contributed by atoms with Crippen LogP contribution < -0.4 is 5.73 Å². The van der Waals surface area contributed by atoms with Crippen LogP contribution in [0.25, 0.3) is 10.6 Å². The van der Waals surface area contributed by atoms with E-state index in [2.05, 4.69) is 23.7 Å². The van der Waals surface area contributed by atoms with Crippen LogP contribution in [0, 0.1) is 0 Å². The van der Waals surface area contributed by atoms with Crippen LogP contribution in [0.4, 0.5) is 5.69 Å². The number of rotatable bonds is 3. The van der Waals surface area contributed by atoms with Gasteiger partial charge in [-0.05, 0) is 31.4 Å². The molecule has 3 nitrogen and oxygen atoms in total. The van der Waals surface area contributed by atoms with Gasteiger partial charge in [-0.15, -0.1) is 11.3 Å². The molecular weight excluding hydrogens is 254 g/mol. The average Bonchev–Trinajstić information content (AvgIpc) is 3.06. The third-order valence-corrected chi connectivity index (χ3v) is 5.19. The second kappa shape index (κ2) is 5.37. The van der Waals surface area contributed by atoms with Crippen molar-refractivity contribution >= 4 is 17.0 Å². The molecule has 3 rings (SSSR count). The van der Waals surface area contributed by atoms with Gasteiger partial charge in [0.2, 0.25) is 0 Å². The molecule has 2 N–H and O–H groups in total. The zero-order chi connectivity index (χ0) is 13.2. The quantitative estimate of drug-likeness (QED) is 0.909. The van der Waals surface area contributed by atoms with E-state index in [4.69, 9.17) is 10.8 Å². The van der Waals surface area contributed by atoms with Gasteiger partial charge < -0.3 is 5.73 Å². The third-order valence-electron chi connectivity index (χ3n) is 3.95. The van der Waals surface area contributed by atoms with Crippen molar-refractivity contribution in [2.75, 3.05) is 5.73 Å². The fourth-order valence-electron chi connectivity index (χ4n) is 2.83. The van der Waals surface area contributed by atoms with Gasteiger partial charge in [0.15, 0.2) is 0 Å². The molecule has 0 amide bonds. The van der Waals surface area contributed by atoms with Gasteiger partial charge in [0.05, 0.1) is 16.6 Å². The fraction of sp³-hybridized carbons (Fsp3) is 0.533. The molecule has 0 aromatic carbocycles. The Hall–Kier alpha value is -1.29. The van der Waals surface area contributed by atoms with Crippen LogP contribution in [0.15, 0.2) is 18.3 Å². The van der Waals surface area contributed by atoms with Crippen molar-refractivity contribution in [3.05, 3.63) is 23.2 Å². The number of hydrogen-bond donors (Lipinski definition) is 1. The molecule has 0 bridgehead atoms. The summed E-state index contributed by atoms with van der Waals surface area (Å²) >= 11 is 1.80. The number of nitrogen functional groups attached to an aromatic ring is 1. The Bertz CT molecular complexity index is 549. The molecule has 2 aromatic rings. The van der Waals surface area contributed by atoms with Crippen molar-refractivity contribution in [3.63, 3.8) is 0 Å². The maximum Gasteiger partial charge on any atom is 0.125 e. The van der Waals surface area contributed by atoms with Crippen LogP contribution in [0.2, 0.25) is 0 Å². The molecule has 0 radical (unpaired) electrons. The Morgan fingerprint density at radius 2 is 2.11 bits per heavy atom. The van der Waals surface area contributed by atoms with E-state index in [0.29, 0.717) is 6.04 Å². The van der Waals surface area contributed by atoms with Gasteiger partial charge in [-0.2, -0.15) is 5.10 Å². The van der Waals surface area contributed by atoms with E-state index in [9.17, 15) is 0 Å². The monoisotopic (exact) mass is 275 g/mol. The molecule has 1 fully saturated rings. The van der Waals surface area contributed by atoms with Crippen LogP contribution in [0.5, 0.6) is 0 Å². The van der Waals surface area contributed by atoms with Crippen LogP contribution in [-0.4, -0.2) is 9.78 Å². The lowest BCUT2D eigenvalue weighted by molar-refractivity contribution is 0.330. The number of nitrogens with zero attached hydrogens (tertiary/aromatic N) is 2. The van der Waals surface area contributed by atoms with Crippen molar-refractivity contribution in [1.29, 1.82) is 0 Å². The summed E-state index contributed by atoms with van der Waals surface area (Å²) < 4.78 is 2.11. The zero-order valence-corrected chi connectivity index (χ0v) is 12.2. The number of thiophene rings is 1. The summed E-state index contributed by atoms with van der Waals surface area (Å²) in [5.74, 6) is 0. The van der Waals surface area contributed by atoms with Crippen molar-refractivity contribution in [2.45, 2.75) is 51.5 Å². The van der Waals surface area contributed by atoms with Crippen molar-refractivity contribution in [3.8, 4) is 10.6 Å². The first-order valence-corrected chi connectivity index (χ1v) is 8.03. The van der Waals surface area contributed by atoms with E-state index in [0.717, 1.165) is 17.8 Å².